The molecule has 3 rings (SSSR count). The van der Waals surface area contributed by atoms with E-state index in [9.17, 15) is 19.7 Å². The van der Waals surface area contributed by atoms with Crippen LogP contribution in [0.4, 0.5) is 11.4 Å². The van der Waals surface area contributed by atoms with E-state index in [0.717, 1.165) is 0 Å². The zero-order valence-electron chi connectivity index (χ0n) is 18.1. The minimum Gasteiger partial charge on any atom is -0.497 e. The van der Waals surface area contributed by atoms with Gasteiger partial charge in [-0.15, -0.1) is 10.2 Å². The number of ether oxygens (including phenoxy) is 1. The van der Waals surface area contributed by atoms with Crippen LogP contribution in [0.2, 0.25) is 0 Å². The highest BCUT2D eigenvalue weighted by Crippen LogP contribution is 2.21. The second-order valence-corrected chi connectivity index (χ2v) is 7.91. The number of nitrogens with one attached hydrogen (secondary N) is 2. The minimum absolute atomic E-state index is 0.0535. The summed E-state index contributed by atoms with van der Waals surface area (Å²) >= 11 is 1.18. The van der Waals surface area contributed by atoms with Gasteiger partial charge in [-0.05, 0) is 43.3 Å². The van der Waals surface area contributed by atoms with Gasteiger partial charge < -0.3 is 19.9 Å². The predicted octanol–water partition coefficient (Wildman–Crippen LogP) is 2.95. The molecule has 0 aliphatic rings. The molecule has 0 unspecified atom stereocenters. The molecule has 0 radical (unpaired) electrons. The molecule has 2 N–H and O–H groups in total. The van der Waals surface area contributed by atoms with Crippen LogP contribution < -0.4 is 15.4 Å². The van der Waals surface area contributed by atoms with Crippen molar-refractivity contribution in [3.8, 4) is 5.75 Å². The smallest absolute Gasteiger partial charge is 0.269 e. The number of anilines is 1. The first kappa shape index (κ1) is 23.7. The van der Waals surface area contributed by atoms with Gasteiger partial charge in [0, 0.05) is 30.4 Å². The fraction of sp³-hybridized carbons (Fsp3) is 0.238. The first-order valence-corrected chi connectivity index (χ1v) is 10.8. The maximum absolute atomic E-state index is 12.5. The number of benzene rings is 2. The number of hydrogen-bond acceptors (Lipinski definition) is 8. The number of aromatic nitrogens is 3. The van der Waals surface area contributed by atoms with Crippen LogP contribution in [0.15, 0.2) is 53.7 Å². The van der Waals surface area contributed by atoms with Crippen LogP contribution in [0.3, 0.4) is 0 Å². The molecule has 0 aliphatic heterocycles. The van der Waals surface area contributed by atoms with E-state index in [1.807, 2.05) is 0 Å². The summed E-state index contributed by atoms with van der Waals surface area (Å²) in [6, 6.07) is 11.9. The summed E-state index contributed by atoms with van der Waals surface area (Å²) in [4.78, 5) is 34.9. The molecule has 0 spiro atoms. The monoisotopic (exact) mass is 470 g/mol. The Morgan fingerprint density at radius 1 is 1.15 bits per heavy atom. The van der Waals surface area contributed by atoms with Gasteiger partial charge in [-0.2, -0.15) is 0 Å². The van der Waals surface area contributed by atoms with Gasteiger partial charge in [0.2, 0.25) is 5.91 Å². The van der Waals surface area contributed by atoms with E-state index in [1.54, 1.807) is 49.9 Å². The van der Waals surface area contributed by atoms with Crippen molar-refractivity contribution in [2.24, 2.45) is 7.05 Å². The molecule has 1 aromatic heterocycles. The Morgan fingerprint density at radius 2 is 1.82 bits per heavy atom. The number of nitro benzene ring substituents is 1. The topological polar surface area (TPSA) is 141 Å². The molecule has 0 aliphatic carbocycles. The average molecular weight is 471 g/mol. The fourth-order valence-corrected chi connectivity index (χ4v) is 3.63. The van der Waals surface area contributed by atoms with Crippen molar-refractivity contribution in [2.75, 3.05) is 18.2 Å². The molecule has 12 heteroatoms. The van der Waals surface area contributed by atoms with E-state index in [4.69, 9.17) is 4.74 Å². The Kier molecular flexibility index (Phi) is 7.61. The Balaban J connectivity index is 1.55. The Morgan fingerprint density at radius 3 is 2.42 bits per heavy atom. The lowest BCUT2D eigenvalue weighted by molar-refractivity contribution is -0.384. The molecule has 1 atom stereocenters. The number of thioether (sulfide) groups is 1. The quantitative estimate of drug-likeness (QED) is 0.276. The van der Waals surface area contributed by atoms with Crippen molar-refractivity contribution in [2.45, 2.75) is 18.1 Å². The predicted molar refractivity (Wildman–Crippen MR) is 122 cm³/mol. The van der Waals surface area contributed by atoms with Gasteiger partial charge in [-0.25, -0.2) is 0 Å². The first-order chi connectivity index (χ1) is 15.8. The van der Waals surface area contributed by atoms with Crippen molar-refractivity contribution in [1.29, 1.82) is 0 Å². The van der Waals surface area contributed by atoms with Crippen LogP contribution in [0.25, 0.3) is 0 Å². The van der Waals surface area contributed by atoms with Crippen LogP contribution >= 0.6 is 11.8 Å². The summed E-state index contributed by atoms with van der Waals surface area (Å²) in [5.74, 6) is 0.710. The Labute approximate surface area is 193 Å². The summed E-state index contributed by atoms with van der Waals surface area (Å²) < 4.78 is 6.81. The first-order valence-electron chi connectivity index (χ1n) is 9.79. The van der Waals surface area contributed by atoms with Crippen LogP contribution in [0.5, 0.6) is 5.75 Å². The number of nitro groups is 1. The average Bonchev–Trinajstić information content (AvgIpc) is 3.18. The summed E-state index contributed by atoms with van der Waals surface area (Å²) in [5, 5.41) is 25.0. The molecule has 2 aromatic carbocycles. The summed E-state index contributed by atoms with van der Waals surface area (Å²) in [7, 11) is 3.31. The third kappa shape index (κ3) is 6.07. The highest BCUT2D eigenvalue weighted by atomic mass is 32.2. The van der Waals surface area contributed by atoms with Gasteiger partial charge in [-0.1, -0.05) is 11.8 Å². The highest BCUT2D eigenvalue weighted by Gasteiger charge is 2.19. The standard InChI is InChI=1S/C21H22N6O5S/c1-13(22-20(29)14-4-10-17(32-3)11-5-14)19-24-25-21(26(19)2)33-12-18(28)23-15-6-8-16(9-7-15)27(30)31/h4-11,13H,12H2,1-3H3,(H,22,29)(H,23,28)/t13-/m1/s1. The second kappa shape index (κ2) is 10.6. The largest absolute Gasteiger partial charge is 0.497 e. The lowest BCUT2D eigenvalue weighted by atomic mass is 10.2. The molecule has 0 saturated heterocycles. The molecular formula is C21H22N6O5S. The van der Waals surface area contributed by atoms with Crippen LogP contribution in [-0.2, 0) is 11.8 Å². The van der Waals surface area contributed by atoms with Crippen LogP contribution in [0.1, 0.15) is 29.1 Å². The second-order valence-electron chi connectivity index (χ2n) is 6.96. The molecule has 33 heavy (non-hydrogen) atoms. The number of carbonyl (C=O) groups is 2. The zero-order valence-corrected chi connectivity index (χ0v) is 19.0. The van der Waals surface area contributed by atoms with E-state index >= 15 is 0 Å². The minimum atomic E-state index is -0.506. The van der Waals surface area contributed by atoms with Crippen molar-refractivity contribution < 1.29 is 19.2 Å². The third-order valence-corrected chi connectivity index (χ3v) is 5.67. The molecule has 1 heterocycles. The number of methoxy groups -OCH3 is 1. The van der Waals surface area contributed by atoms with Gasteiger partial charge >= 0.3 is 0 Å². The van der Waals surface area contributed by atoms with E-state index < -0.39 is 11.0 Å². The van der Waals surface area contributed by atoms with E-state index in [-0.39, 0.29) is 23.3 Å². The number of rotatable bonds is 9. The Bertz CT molecular complexity index is 1150. The van der Waals surface area contributed by atoms with Gasteiger partial charge in [0.1, 0.15) is 5.75 Å². The van der Waals surface area contributed by atoms with Crippen LogP contribution in [0, 0.1) is 10.1 Å². The van der Waals surface area contributed by atoms with Gasteiger partial charge in [0.25, 0.3) is 11.6 Å². The molecule has 3 aromatic rings. The molecule has 2 amide bonds. The van der Waals surface area contributed by atoms with E-state index in [1.165, 1.54) is 36.0 Å². The lowest BCUT2D eigenvalue weighted by Gasteiger charge is -2.14. The number of non-ortho nitro benzene ring substituents is 1. The number of hydrogen-bond donors (Lipinski definition) is 2. The van der Waals surface area contributed by atoms with E-state index in [0.29, 0.717) is 28.0 Å². The molecule has 0 bridgehead atoms. The van der Waals surface area contributed by atoms with Crippen molar-refractivity contribution >= 4 is 35.0 Å². The Hall–Kier alpha value is -3.93. The van der Waals surface area contributed by atoms with Gasteiger partial charge in [0.15, 0.2) is 11.0 Å². The molecule has 172 valence electrons. The molecule has 11 nitrogen and oxygen atoms in total. The van der Waals surface area contributed by atoms with E-state index in [2.05, 4.69) is 20.8 Å². The van der Waals surface area contributed by atoms with Crippen molar-refractivity contribution in [3.05, 3.63) is 70.0 Å². The van der Waals surface area contributed by atoms with Crippen molar-refractivity contribution in [1.82, 2.24) is 20.1 Å². The SMILES string of the molecule is COc1ccc(C(=O)N[C@H](C)c2nnc(SCC(=O)Nc3ccc([N+](=O)[O-])cc3)n2C)cc1. The molecule has 0 fully saturated rings. The van der Waals surface area contributed by atoms with Crippen molar-refractivity contribution in [3.63, 3.8) is 0 Å². The summed E-state index contributed by atoms with van der Waals surface area (Å²) in [6.45, 7) is 1.79. The zero-order chi connectivity index (χ0) is 24.0. The summed E-state index contributed by atoms with van der Waals surface area (Å²) in [6.07, 6.45) is 0. The molecular weight excluding hydrogens is 448 g/mol. The third-order valence-electron chi connectivity index (χ3n) is 4.65. The van der Waals surface area contributed by atoms with Gasteiger partial charge in [-0.3, -0.25) is 19.7 Å². The maximum Gasteiger partial charge on any atom is 0.269 e. The fourth-order valence-electron chi connectivity index (χ4n) is 2.91. The maximum atomic E-state index is 12.5. The molecule has 0 saturated carbocycles. The number of amides is 2. The van der Waals surface area contributed by atoms with Crippen LogP contribution in [-0.4, -0.2) is 44.4 Å². The summed E-state index contributed by atoms with van der Waals surface area (Å²) in [5.41, 5.74) is 0.893. The highest BCUT2D eigenvalue weighted by molar-refractivity contribution is 7.99. The normalized spacial score (nSPS) is 11.5. The number of carbonyl (C=O) groups excluding carboxylic acids is 2. The van der Waals surface area contributed by atoms with Gasteiger partial charge in [0.05, 0.1) is 23.8 Å². The lowest BCUT2D eigenvalue weighted by Crippen LogP contribution is -2.28. The number of nitrogens with zero attached hydrogens (tertiary/aromatic N) is 4.